The number of benzene rings is 1. The van der Waals surface area contributed by atoms with Crippen LogP contribution in [-0.4, -0.2) is 63.2 Å². The molecule has 0 bridgehead atoms. The minimum absolute atomic E-state index is 0.100. The maximum absolute atomic E-state index is 12.5. The van der Waals surface area contributed by atoms with Gasteiger partial charge in [-0.2, -0.15) is 0 Å². The van der Waals surface area contributed by atoms with Crippen LogP contribution in [0.15, 0.2) is 35.5 Å². The van der Waals surface area contributed by atoms with Crippen LogP contribution in [0.1, 0.15) is 9.88 Å². The number of fused-ring (bicyclic) bond motifs is 1. The topological polar surface area (TPSA) is 91.6 Å². The Morgan fingerprint density at radius 3 is 2.69 bits per heavy atom. The van der Waals surface area contributed by atoms with Crippen LogP contribution < -0.4 is 10.5 Å². The third kappa shape index (κ3) is 4.15. The van der Waals surface area contributed by atoms with Crippen LogP contribution >= 0.6 is 11.3 Å². The molecule has 0 saturated carbocycles. The maximum atomic E-state index is 12.5. The minimum Gasteiger partial charge on any atom is -0.395 e. The number of carbonyl (C=O) groups is 1. The van der Waals surface area contributed by atoms with Crippen LogP contribution in [-0.2, 0) is 17.8 Å². The van der Waals surface area contributed by atoms with E-state index in [1.54, 1.807) is 23.6 Å². The molecular formula is C20H23N5O3S. The average molecular weight is 414 g/mol. The van der Waals surface area contributed by atoms with Crippen LogP contribution in [0.25, 0.3) is 10.9 Å². The van der Waals surface area contributed by atoms with Gasteiger partial charge in [-0.05, 0) is 25.1 Å². The van der Waals surface area contributed by atoms with Crippen molar-refractivity contribution in [3.8, 4) is 0 Å². The number of aryl methyl sites for hydroxylation is 1. The quantitative estimate of drug-likeness (QED) is 0.672. The van der Waals surface area contributed by atoms with Gasteiger partial charge in [0, 0.05) is 42.9 Å². The Morgan fingerprint density at radius 1 is 1.21 bits per heavy atom. The van der Waals surface area contributed by atoms with Gasteiger partial charge in [0.15, 0.2) is 0 Å². The highest BCUT2D eigenvalue weighted by Crippen LogP contribution is 2.21. The number of aliphatic hydroxyl groups is 1. The lowest BCUT2D eigenvalue weighted by Gasteiger charge is -2.36. The van der Waals surface area contributed by atoms with E-state index in [0.29, 0.717) is 30.4 Å². The molecule has 1 saturated heterocycles. The summed E-state index contributed by atoms with van der Waals surface area (Å²) in [6.07, 6.45) is 3.67. The van der Waals surface area contributed by atoms with Crippen molar-refractivity contribution in [2.45, 2.75) is 19.9 Å². The second kappa shape index (κ2) is 8.30. The predicted octanol–water partition coefficient (Wildman–Crippen LogP) is 1.05. The van der Waals surface area contributed by atoms with E-state index in [-0.39, 0.29) is 24.6 Å². The van der Waals surface area contributed by atoms with Crippen molar-refractivity contribution in [2.75, 3.05) is 37.7 Å². The van der Waals surface area contributed by atoms with Gasteiger partial charge in [-0.3, -0.25) is 14.2 Å². The molecule has 2 aromatic heterocycles. The van der Waals surface area contributed by atoms with E-state index >= 15 is 0 Å². The summed E-state index contributed by atoms with van der Waals surface area (Å²) < 4.78 is 1.41. The summed E-state index contributed by atoms with van der Waals surface area (Å²) in [5.74, 6) is 0.137. The zero-order chi connectivity index (χ0) is 20.4. The first kappa shape index (κ1) is 19.5. The SMILES string of the molecule is Cc1ncc(CC(=O)N2CCN(c3ccc4c(=O)n(CCO)cnc4c3)CC2)s1. The van der Waals surface area contributed by atoms with Crippen molar-refractivity contribution < 1.29 is 9.90 Å². The number of carbonyl (C=O) groups excluding carboxylic acids is 1. The first-order valence-corrected chi connectivity index (χ1v) is 10.4. The molecule has 4 rings (SSSR count). The van der Waals surface area contributed by atoms with E-state index in [1.165, 1.54) is 10.9 Å². The Kier molecular flexibility index (Phi) is 5.59. The molecule has 0 radical (unpaired) electrons. The molecular weight excluding hydrogens is 390 g/mol. The molecule has 1 aromatic carbocycles. The summed E-state index contributed by atoms with van der Waals surface area (Å²) in [6.45, 7) is 4.89. The van der Waals surface area contributed by atoms with Gasteiger partial charge < -0.3 is 14.9 Å². The summed E-state index contributed by atoms with van der Waals surface area (Å²) in [4.78, 5) is 38.7. The normalized spacial score (nSPS) is 14.6. The number of piperazine rings is 1. The standard InChI is InChI=1S/C20H23N5O3S/c1-14-21-12-16(29-14)11-19(27)24-6-4-23(5-7-24)15-2-3-17-18(10-15)22-13-25(8-9-26)20(17)28/h2-3,10,12-13,26H,4-9,11H2,1H3. The van der Waals surface area contributed by atoms with Gasteiger partial charge in [0.1, 0.15) is 0 Å². The molecule has 0 atom stereocenters. The second-order valence-corrected chi connectivity index (χ2v) is 8.38. The highest BCUT2D eigenvalue weighted by Gasteiger charge is 2.22. The van der Waals surface area contributed by atoms with Gasteiger partial charge in [-0.25, -0.2) is 9.97 Å². The van der Waals surface area contributed by atoms with Crippen molar-refractivity contribution >= 4 is 33.8 Å². The molecule has 1 fully saturated rings. The Bertz CT molecular complexity index is 1090. The zero-order valence-electron chi connectivity index (χ0n) is 16.2. The zero-order valence-corrected chi connectivity index (χ0v) is 17.1. The van der Waals surface area contributed by atoms with Gasteiger partial charge in [-0.15, -0.1) is 11.3 Å². The lowest BCUT2D eigenvalue weighted by atomic mass is 10.2. The van der Waals surface area contributed by atoms with Crippen molar-refractivity contribution in [3.63, 3.8) is 0 Å². The van der Waals surface area contributed by atoms with Crippen LogP contribution in [0, 0.1) is 6.92 Å². The number of aromatic nitrogens is 3. The maximum Gasteiger partial charge on any atom is 0.261 e. The first-order chi connectivity index (χ1) is 14.0. The van der Waals surface area contributed by atoms with E-state index in [4.69, 9.17) is 5.11 Å². The van der Waals surface area contributed by atoms with E-state index < -0.39 is 0 Å². The van der Waals surface area contributed by atoms with E-state index in [0.717, 1.165) is 28.7 Å². The van der Waals surface area contributed by atoms with Crippen molar-refractivity contribution in [1.82, 2.24) is 19.4 Å². The predicted molar refractivity (Wildman–Crippen MR) is 112 cm³/mol. The number of thiazole rings is 1. The number of anilines is 1. The summed E-state index contributed by atoms with van der Waals surface area (Å²) in [5.41, 5.74) is 1.49. The van der Waals surface area contributed by atoms with Crippen LogP contribution in [0.2, 0.25) is 0 Å². The summed E-state index contributed by atoms with van der Waals surface area (Å²) >= 11 is 1.57. The van der Waals surface area contributed by atoms with E-state index in [9.17, 15) is 9.59 Å². The van der Waals surface area contributed by atoms with Gasteiger partial charge in [0.2, 0.25) is 5.91 Å². The highest BCUT2D eigenvalue weighted by molar-refractivity contribution is 7.11. The van der Waals surface area contributed by atoms with Crippen molar-refractivity contribution in [3.05, 3.63) is 51.0 Å². The third-order valence-corrected chi connectivity index (χ3v) is 6.05. The minimum atomic E-state index is -0.149. The van der Waals surface area contributed by atoms with Crippen LogP contribution in [0.3, 0.4) is 0 Å². The second-order valence-electron chi connectivity index (χ2n) is 7.06. The molecule has 8 nitrogen and oxygen atoms in total. The largest absolute Gasteiger partial charge is 0.395 e. The smallest absolute Gasteiger partial charge is 0.261 e. The lowest BCUT2D eigenvalue weighted by molar-refractivity contribution is -0.130. The molecule has 29 heavy (non-hydrogen) atoms. The monoisotopic (exact) mass is 413 g/mol. The molecule has 152 valence electrons. The fourth-order valence-electron chi connectivity index (χ4n) is 3.57. The molecule has 0 spiro atoms. The number of amides is 1. The Hall–Kier alpha value is -2.78. The average Bonchev–Trinajstić information content (AvgIpc) is 3.14. The molecule has 1 aliphatic rings. The lowest BCUT2D eigenvalue weighted by Crippen LogP contribution is -2.49. The Balaban J connectivity index is 1.42. The highest BCUT2D eigenvalue weighted by atomic mass is 32.1. The molecule has 0 unspecified atom stereocenters. The molecule has 3 aromatic rings. The molecule has 1 N–H and O–H groups in total. The number of nitrogens with zero attached hydrogens (tertiary/aromatic N) is 5. The number of aliphatic hydroxyl groups excluding tert-OH is 1. The molecule has 1 aliphatic heterocycles. The molecule has 0 aliphatic carbocycles. The fourth-order valence-corrected chi connectivity index (χ4v) is 4.36. The summed E-state index contributed by atoms with van der Waals surface area (Å²) in [6, 6.07) is 5.63. The number of hydrogen-bond donors (Lipinski definition) is 1. The van der Waals surface area contributed by atoms with Crippen molar-refractivity contribution in [2.24, 2.45) is 0 Å². The van der Waals surface area contributed by atoms with Gasteiger partial charge in [0.05, 0.1) is 41.8 Å². The summed E-state index contributed by atoms with van der Waals surface area (Å²) in [5, 5.41) is 10.6. The van der Waals surface area contributed by atoms with Crippen LogP contribution in [0.4, 0.5) is 5.69 Å². The Labute approximate surface area is 172 Å². The summed E-state index contributed by atoms with van der Waals surface area (Å²) in [7, 11) is 0. The molecule has 9 heteroatoms. The molecule has 1 amide bonds. The molecule has 3 heterocycles. The van der Waals surface area contributed by atoms with E-state index in [2.05, 4.69) is 14.9 Å². The Morgan fingerprint density at radius 2 is 2.00 bits per heavy atom. The van der Waals surface area contributed by atoms with Crippen LogP contribution in [0.5, 0.6) is 0 Å². The van der Waals surface area contributed by atoms with E-state index in [1.807, 2.05) is 24.0 Å². The van der Waals surface area contributed by atoms with Crippen molar-refractivity contribution in [1.29, 1.82) is 0 Å². The van der Waals surface area contributed by atoms with Gasteiger partial charge in [0.25, 0.3) is 5.56 Å². The first-order valence-electron chi connectivity index (χ1n) is 9.59. The number of hydrogen-bond acceptors (Lipinski definition) is 7. The van der Waals surface area contributed by atoms with Gasteiger partial charge in [-0.1, -0.05) is 0 Å². The van der Waals surface area contributed by atoms with Gasteiger partial charge >= 0.3 is 0 Å². The number of rotatable bonds is 5. The fraction of sp³-hybridized carbons (Fsp3) is 0.400. The third-order valence-electron chi connectivity index (χ3n) is 5.14.